The van der Waals surface area contributed by atoms with Crippen LogP contribution < -0.4 is 9.80 Å². The summed E-state index contributed by atoms with van der Waals surface area (Å²) in [6.07, 6.45) is 0. The Morgan fingerprint density at radius 3 is 1.23 bits per heavy atom. The van der Waals surface area contributed by atoms with Crippen LogP contribution in [0.3, 0.4) is 0 Å². The molecule has 0 N–H and O–H groups in total. The summed E-state index contributed by atoms with van der Waals surface area (Å²) in [5.41, 5.74) is 6.85. The molecule has 0 fully saturated rings. The highest BCUT2D eigenvalue weighted by Crippen LogP contribution is 2.47. The number of anilines is 6. The topological polar surface area (TPSA) is 6.48 Å². The van der Waals surface area contributed by atoms with Crippen molar-refractivity contribution in [3.8, 4) is 0 Å². The number of rotatable bonds is 6. The van der Waals surface area contributed by atoms with Gasteiger partial charge in [-0.15, -0.1) is 11.3 Å². The van der Waals surface area contributed by atoms with Gasteiger partial charge < -0.3 is 9.80 Å². The Kier molecular flexibility index (Phi) is 6.69. The number of thiophene rings is 1. The van der Waals surface area contributed by atoms with Crippen molar-refractivity contribution < 1.29 is 0 Å². The molecule has 0 saturated heterocycles. The van der Waals surface area contributed by atoms with Gasteiger partial charge in [0.05, 0.1) is 0 Å². The van der Waals surface area contributed by atoms with Crippen molar-refractivity contribution in [1.29, 1.82) is 0 Å². The third-order valence-electron chi connectivity index (χ3n) is 8.98. The molecular formula is C44H30N2S. The largest absolute Gasteiger partial charge is 0.310 e. The van der Waals surface area contributed by atoms with E-state index in [1.54, 1.807) is 0 Å². The molecule has 2 nitrogen and oxygen atoms in total. The van der Waals surface area contributed by atoms with Crippen molar-refractivity contribution in [2.45, 2.75) is 0 Å². The molecule has 1 aromatic heterocycles. The summed E-state index contributed by atoms with van der Waals surface area (Å²) >= 11 is 1.89. The van der Waals surface area contributed by atoms with Gasteiger partial charge in [0, 0.05) is 59.7 Å². The molecule has 0 atom stereocenters. The van der Waals surface area contributed by atoms with Gasteiger partial charge in [-0.3, -0.25) is 0 Å². The number of hydrogen-bond donors (Lipinski definition) is 0. The molecule has 8 aromatic carbocycles. The van der Waals surface area contributed by atoms with Crippen LogP contribution in [-0.2, 0) is 0 Å². The van der Waals surface area contributed by atoms with Gasteiger partial charge in [0.2, 0.25) is 0 Å². The van der Waals surface area contributed by atoms with Gasteiger partial charge in [-0.2, -0.15) is 0 Å². The summed E-state index contributed by atoms with van der Waals surface area (Å²) in [6.45, 7) is 0. The summed E-state index contributed by atoms with van der Waals surface area (Å²) in [4.78, 5) is 4.69. The Morgan fingerprint density at radius 1 is 0.298 bits per heavy atom. The Labute approximate surface area is 278 Å². The van der Waals surface area contributed by atoms with Crippen LogP contribution in [0.5, 0.6) is 0 Å². The van der Waals surface area contributed by atoms with Crippen molar-refractivity contribution in [3.63, 3.8) is 0 Å². The molecule has 0 amide bonds. The minimum Gasteiger partial charge on any atom is -0.310 e. The molecule has 1 heterocycles. The fourth-order valence-electron chi connectivity index (χ4n) is 6.91. The van der Waals surface area contributed by atoms with E-state index in [1.807, 2.05) is 11.3 Å². The number of hydrogen-bond acceptors (Lipinski definition) is 3. The average Bonchev–Trinajstić information content (AvgIpc) is 3.53. The molecule has 0 aliphatic rings. The zero-order valence-electron chi connectivity index (χ0n) is 25.6. The first-order chi connectivity index (χ1) is 23.3. The molecule has 9 aromatic rings. The van der Waals surface area contributed by atoms with Crippen LogP contribution in [-0.4, -0.2) is 0 Å². The molecule has 0 aliphatic carbocycles. The predicted molar refractivity (Wildman–Crippen MR) is 204 cm³/mol. The zero-order chi connectivity index (χ0) is 31.2. The summed E-state index contributed by atoms with van der Waals surface area (Å²) in [6, 6.07) is 65.4. The van der Waals surface area contributed by atoms with Gasteiger partial charge in [0.15, 0.2) is 0 Å². The van der Waals surface area contributed by atoms with Crippen LogP contribution >= 0.6 is 11.3 Å². The minimum atomic E-state index is 1.14. The van der Waals surface area contributed by atoms with Crippen LogP contribution in [0.15, 0.2) is 182 Å². The van der Waals surface area contributed by atoms with Gasteiger partial charge in [-0.05, 0) is 95.0 Å². The molecule has 9 rings (SSSR count). The second kappa shape index (κ2) is 11.5. The van der Waals surface area contributed by atoms with E-state index in [0.717, 1.165) is 34.1 Å². The lowest BCUT2D eigenvalue weighted by Crippen LogP contribution is -2.09. The normalized spacial score (nSPS) is 11.4. The molecule has 0 aliphatic heterocycles. The van der Waals surface area contributed by atoms with Gasteiger partial charge >= 0.3 is 0 Å². The van der Waals surface area contributed by atoms with Crippen LogP contribution in [0.1, 0.15) is 0 Å². The summed E-state index contributed by atoms with van der Waals surface area (Å²) < 4.78 is 2.62. The third-order valence-corrected chi connectivity index (χ3v) is 10.2. The lowest BCUT2D eigenvalue weighted by atomic mass is 9.96. The van der Waals surface area contributed by atoms with Crippen molar-refractivity contribution >= 4 is 87.2 Å². The quantitative estimate of drug-likeness (QED) is 0.171. The number of nitrogens with zero attached hydrogens (tertiary/aromatic N) is 2. The van der Waals surface area contributed by atoms with Gasteiger partial charge in [-0.25, -0.2) is 0 Å². The highest BCUT2D eigenvalue weighted by atomic mass is 32.1. The SMILES string of the molecule is c1ccc(N(c2ccccc2)c2ccc3c(c2)c2ccccc2c2c4cc(N(c5ccccc5)c5ccccc5)ccc4sc32)cc1. The monoisotopic (exact) mass is 618 g/mol. The van der Waals surface area contributed by atoms with Crippen LogP contribution in [0.2, 0.25) is 0 Å². The van der Waals surface area contributed by atoms with Crippen molar-refractivity contribution in [2.75, 3.05) is 9.80 Å². The predicted octanol–water partition coefficient (Wildman–Crippen LogP) is 13.3. The zero-order valence-corrected chi connectivity index (χ0v) is 26.4. The summed E-state index contributed by atoms with van der Waals surface area (Å²) in [5.74, 6) is 0. The molecule has 0 unspecified atom stereocenters. The molecule has 3 heteroatoms. The van der Waals surface area contributed by atoms with Gasteiger partial charge in [0.1, 0.15) is 0 Å². The van der Waals surface area contributed by atoms with Crippen molar-refractivity contribution in [1.82, 2.24) is 0 Å². The molecule has 0 spiro atoms. The van der Waals surface area contributed by atoms with E-state index in [1.165, 1.54) is 41.7 Å². The number of benzene rings is 8. The Hall–Kier alpha value is -5.90. The molecule has 47 heavy (non-hydrogen) atoms. The smallest absolute Gasteiger partial charge is 0.0468 e. The first-order valence-corrected chi connectivity index (χ1v) is 16.8. The molecule has 0 bridgehead atoms. The van der Waals surface area contributed by atoms with E-state index in [9.17, 15) is 0 Å². The summed E-state index contributed by atoms with van der Waals surface area (Å²) in [7, 11) is 0. The van der Waals surface area contributed by atoms with E-state index in [4.69, 9.17) is 0 Å². The lowest BCUT2D eigenvalue weighted by molar-refractivity contribution is 1.29. The Bertz CT molecular complexity index is 2430. The van der Waals surface area contributed by atoms with E-state index < -0.39 is 0 Å². The number of para-hydroxylation sites is 4. The maximum Gasteiger partial charge on any atom is 0.0468 e. The van der Waals surface area contributed by atoms with Gasteiger partial charge in [0.25, 0.3) is 0 Å². The molecule has 222 valence electrons. The Balaban J connectivity index is 1.29. The fraction of sp³-hybridized carbons (Fsp3) is 0. The first kappa shape index (κ1) is 27.4. The fourth-order valence-corrected chi connectivity index (χ4v) is 8.15. The van der Waals surface area contributed by atoms with E-state index in [2.05, 4.69) is 192 Å². The maximum atomic E-state index is 2.38. The second-order valence-electron chi connectivity index (χ2n) is 11.8. The van der Waals surface area contributed by atoms with Crippen molar-refractivity contribution in [3.05, 3.63) is 182 Å². The standard InChI is InChI=1S/C44H30N2S/c1-5-15-31(16-6-1)45(32-17-7-2-8-18-32)35-25-27-39-40(29-35)37-23-13-14-24-38(37)43-41-30-36(26-28-42(41)47-44(39)43)46(33-19-9-3-10-20-33)34-21-11-4-12-22-34/h1-30H. The van der Waals surface area contributed by atoms with Crippen molar-refractivity contribution in [2.24, 2.45) is 0 Å². The second-order valence-corrected chi connectivity index (χ2v) is 12.8. The van der Waals surface area contributed by atoms with E-state index >= 15 is 0 Å². The van der Waals surface area contributed by atoms with E-state index in [0.29, 0.717) is 0 Å². The maximum absolute atomic E-state index is 2.38. The third kappa shape index (κ3) is 4.72. The van der Waals surface area contributed by atoms with Crippen LogP contribution in [0.4, 0.5) is 34.1 Å². The molecular weight excluding hydrogens is 589 g/mol. The Morgan fingerprint density at radius 2 is 0.723 bits per heavy atom. The minimum absolute atomic E-state index is 1.14. The molecule has 0 radical (unpaired) electrons. The van der Waals surface area contributed by atoms with Crippen LogP contribution in [0.25, 0.3) is 41.7 Å². The average molecular weight is 619 g/mol. The first-order valence-electron chi connectivity index (χ1n) is 15.9. The summed E-state index contributed by atoms with van der Waals surface area (Å²) in [5, 5.41) is 7.72. The van der Waals surface area contributed by atoms with Gasteiger partial charge in [-0.1, -0.05) is 103 Å². The lowest BCUT2D eigenvalue weighted by Gasteiger charge is -2.26. The highest BCUT2D eigenvalue weighted by molar-refractivity contribution is 7.27. The van der Waals surface area contributed by atoms with Crippen LogP contribution in [0, 0.1) is 0 Å². The molecule has 0 saturated carbocycles. The van der Waals surface area contributed by atoms with E-state index in [-0.39, 0.29) is 0 Å². The highest BCUT2D eigenvalue weighted by Gasteiger charge is 2.19. The number of fused-ring (bicyclic) bond motifs is 8.